The first-order valence-electron chi connectivity index (χ1n) is 6.12. The highest BCUT2D eigenvalue weighted by Crippen LogP contribution is 2.34. The summed E-state index contributed by atoms with van der Waals surface area (Å²) in [5, 5.41) is -1.02. The number of alkyl halides is 2. The Morgan fingerprint density at radius 2 is 1.81 bits per heavy atom. The van der Waals surface area contributed by atoms with E-state index in [1.807, 2.05) is 0 Å². The zero-order valence-corrected chi connectivity index (χ0v) is 13.7. The summed E-state index contributed by atoms with van der Waals surface area (Å²) in [5.41, 5.74) is 0.496. The number of hydrogen-bond acceptors (Lipinski definition) is 3. The first-order valence-corrected chi connectivity index (χ1v) is 8.37. The Hall–Kier alpha value is -1.17. The number of carbonyl (C=O) groups excluding carboxylic acids is 1. The van der Waals surface area contributed by atoms with Crippen LogP contribution in [0.15, 0.2) is 51.3 Å². The third kappa shape index (κ3) is 3.05. The van der Waals surface area contributed by atoms with Crippen molar-refractivity contribution in [3.63, 3.8) is 0 Å². The van der Waals surface area contributed by atoms with E-state index in [4.69, 9.17) is 23.2 Å². The molecule has 0 radical (unpaired) electrons. The number of hydrogen-bond donors (Lipinski definition) is 0. The summed E-state index contributed by atoms with van der Waals surface area (Å²) in [5.74, 6) is -0.363. The highest BCUT2D eigenvalue weighted by Gasteiger charge is 2.44. The average Bonchev–Trinajstić information content (AvgIpc) is 2.43. The lowest BCUT2D eigenvalue weighted by molar-refractivity contribution is -0.116. The van der Waals surface area contributed by atoms with E-state index in [0.29, 0.717) is 5.57 Å². The molecule has 0 saturated heterocycles. The van der Waals surface area contributed by atoms with Gasteiger partial charge in [0.15, 0.2) is 5.78 Å². The van der Waals surface area contributed by atoms with Gasteiger partial charge in [-0.1, -0.05) is 18.2 Å². The van der Waals surface area contributed by atoms with Crippen LogP contribution in [0.2, 0.25) is 0 Å². The maximum Gasteiger partial charge on any atom is 0.282 e. The highest BCUT2D eigenvalue weighted by atomic mass is 35.5. The molecule has 0 bridgehead atoms. The molecule has 4 nitrogen and oxygen atoms in total. The largest absolute Gasteiger partial charge is 0.293 e. The number of carbonyl (C=O) groups is 1. The van der Waals surface area contributed by atoms with Crippen LogP contribution in [0.25, 0.3) is 0 Å². The second kappa shape index (κ2) is 5.55. The van der Waals surface area contributed by atoms with Gasteiger partial charge < -0.3 is 0 Å². The molecule has 1 aliphatic rings. The molecular weight excluding hydrogens is 333 g/mol. The van der Waals surface area contributed by atoms with Crippen LogP contribution in [-0.2, 0) is 14.8 Å². The second-order valence-corrected chi connectivity index (χ2v) is 7.72. The fourth-order valence-electron chi connectivity index (χ4n) is 1.89. The van der Waals surface area contributed by atoms with Gasteiger partial charge in [0, 0.05) is 0 Å². The maximum atomic E-state index is 12.3. The van der Waals surface area contributed by atoms with E-state index < -0.39 is 20.3 Å². The van der Waals surface area contributed by atoms with E-state index in [2.05, 4.69) is 4.40 Å². The van der Waals surface area contributed by atoms with Crippen LogP contribution in [0, 0.1) is 0 Å². The molecule has 2 rings (SSSR count). The molecule has 0 spiro atoms. The summed E-state index contributed by atoms with van der Waals surface area (Å²) in [7, 11) is -3.90. The summed E-state index contributed by atoms with van der Waals surface area (Å²) in [6.45, 7) is 3.03. The molecular formula is C14H13Cl2NO3S. The smallest absolute Gasteiger partial charge is 0.282 e. The van der Waals surface area contributed by atoms with Gasteiger partial charge in [-0.3, -0.25) is 4.79 Å². The van der Waals surface area contributed by atoms with Crippen LogP contribution >= 0.6 is 23.2 Å². The minimum Gasteiger partial charge on any atom is -0.293 e. The normalized spacial score (nSPS) is 28.6. The molecule has 1 aliphatic carbocycles. The van der Waals surface area contributed by atoms with E-state index in [-0.39, 0.29) is 16.4 Å². The standard InChI is InChI=1S/C14H13Cl2NO3S/c1-9-8-11(18)14(2,16)13(15)12(9)17-21(19,20)10-6-4-3-5-7-10/h3-8,13H,1-2H3/t13-,14+/m1/s1. The minimum atomic E-state index is -3.90. The van der Waals surface area contributed by atoms with Crippen molar-refractivity contribution >= 4 is 44.7 Å². The molecule has 1 aromatic carbocycles. The number of halogens is 2. The third-order valence-electron chi connectivity index (χ3n) is 3.21. The number of ketones is 1. The van der Waals surface area contributed by atoms with Gasteiger partial charge in [0.2, 0.25) is 0 Å². The summed E-state index contributed by atoms with van der Waals surface area (Å²) < 4.78 is 28.3. The van der Waals surface area contributed by atoms with Crippen LogP contribution in [0.3, 0.4) is 0 Å². The molecule has 0 aromatic heterocycles. The van der Waals surface area contributed by atoms with E-state index >= 15 is 0 Å². The van der Waals surface area contributed by atoms with Crippen molar-refractivity contribution in [3.05, 3.63) is 42.0 Å². The average molecular weight is 346 g/mol. The molecule has 0 N–H and O–H groups in total. The quantitative estimate of drug-likeness (QED) is 0.774. The number of nitrogens with zero attached hydrogens (tertiary/aromatic N) is 1. The van der Waals surface area contributed by atoms with E-state index in [1.54, 1.807) is 25.1 Å². The predicted octanol–water partition coefficient (Wildman–Crippen LogP) is 2.95. The Morgan fingerprint density at radius 1 is 1.24 bits per heavy atom. The van der Waals surface area contributed by atoms with Gasteiger partial charge in [-0.05, 0) is 37.6 Å². The summed E-state index contributed by atoms with van der Waals surface area (Å²) in [4.78, 5) is 10.5. The molecule has 1 aromatic rings. The fourth-order valence-corrected chi connectivity index (χ4v) is 3.55. The first-order chi connectivity index (χ1) is 9.66. The minimum absolute atomic E-state index is 0.0577. The van der Waals surface area contributed by atoms with Gasteiger partial charge >= 0.3 is 0 Å². The molecule has 112 valence electrons. The molecule has 0 saturated carbocycles. The van der Waals surface area contributed by atoms with Gasteiger partial charge in [0.25, 0.3) is 10.0 Å². The van der Waals surface area contributed by atoms with Crippen molar-refractivity contribution < 1.29 is 13.2 Å². The number of sulfonamides is 1. The topological polar surface area (TPSA) is 63.6 Å². The third-order valence-corrected chi connectivity index (χ3v) is 5.67. The van der Waals surface area contributed by atoms with Crippen molar-refractivity contribution in [2.45, 2.75) is 29.0 Å². The number of benzene rings is 1. The lowest BCUT2D eigenvalue weighted by atomic mass is 9.88. The monoisotopic (exact) mass is 345 g/mol. The zero-order valence-electron chi connectivity index (χ0n) is 11.4. The van der Waals surface area contributed by atoms with Crippen molar-refractivity contribution in [3.8, 4) is 0 Å². The summed E-state index contributed by atoms with van der Waals surface area (Å²) in [6.07, 6.45) is 1.27. The Kier molecular flexibility index (Phi) is 4.29. The number of rotatable bonds is 2. The van der Waals surface area contributed by atoms with Crippen LogP contribution in [0.5, 0.6) is 0 Å². The van der Waals surface area contributed by atoms with Gasteiger partial charge in [-0.15, -0.1) is 23.2 Å². The molecule has 2 atom stereocenters. The van der Waals surface area contributed by atoms with Crippen molar-refractivity contribution in [2.24, 2.45) is 4.40 Å². The van der Waals surface area contributed by atoms with Crippen LogP contribution in [-0.4, -0.2) is 30.2 Å². The molecule has 0 aliphatic heterocycles. The number of allylic oxidation sites excluding steroid dienone is 2. The maximum absolute atomic E-state index is 12.3. The van der Waals surface area contributed by atoms with E-state index in [1.165, 1.54) is 25.1 Å². The van der Waals surface area contributed by atoms with Gasteiger partial charge in [0.05, 0.1) is 10.6 Å². The second-order valence-electron chi connectivity index (χ2n) is 4.89. The Morgan fingerprint density at radius 3 is 2.38 bits per heavy atom. The molecule has 0 fully saturated rings. The SMILES string of the molecule is CC1=CC(=O)[C@](C)(Cl)[C@H](Cl)C1=NS(=O)(=O)c1ccccc1. The molecule has 0 amide bonds. The lowest BCUT2D eigenvalue weighted by Gasteiger charge is -2.30. The molecule has 0 heterocycles. The van der Waals surface area contributed by atoms with Crippen LogP contribution < -0.4 is 0 Å². The summed E-state index contributed by atoms with van der Waals surface area (Å²) in [6, 6.07) is 7.79. The Balaban J connectivity index is 2.55. The molecule has 21 heavy (non-hydrogen) atoms. The van der Waals surface area contributed by atoms with Crippen LogP contribution in [0.1, 0.15) is 13.8 Å². The molecule has 7 heteroatoms. The van der Waals surface area contributed by atoms with Crippen LogP contribution in [0.4, 0.5) is 0 Å². The Labute approximate surface area is 133 Å². The van der Waals surface area contributed by atoms with Crippen molar-refractivity contribution in [1.82, 2.24) is 0 Å². The highest BCUT2D eigenvalue weighted by molar-refractivity contribution is 7.90. The van der Waals surface area contributed by atoms with Gasteiger partial charge in [-0.2, -0.15) is 12.8 Å². The zero-order chi connectivity index (χ0) is 15.8. The van der Waals surface area contributed by atoms with E-state index in [9.17, 15) is 13.2 Å². The van der Waals surface area contributed by atoms with Gasteiger partial charge in [0.1, 0.15) is 10.3 Å². The van der Waals surface area contributed by atoms with E-state index in [0.717, 1.165) is 0 Å². The fraction of sp³-hybridized carbons (Fsp3) is 0.286. The molecule has 0 unspecified atom stereocenters. The lowest BCUT2D eigenvalue weighted by Crippen LogP contribution is -2.46. The predicted molar refractivity (Wildman–Crippen MR) is 83.7 cm³/mol. The first kappa shape index (κ1) is 16.2. The Bertz CT molecular complexity index is 737. The van der Waals surface area contributed by atoms with Crippen molar-refractivity contribution in [2.75, 3.05) is 0 Å². The summed E-state index contributed by atoms with van der Waals surface area (Å²) >= 11 is 12.3. The van der Waals surface area contributed by atoms with Crippen molar-refractivity contribution in [1.29, 1.82) is 0 Å². The van der Waals surface area contributed by atoms with Gasteiger partial charge in [-0.25, -0.2) is 0 Å².